The van der Waals surface area contributed by atoms with Gasteiger partial charge in [-0.25, -0.2) is 9.13 Å². The maximum Gasteiger partial charge on any atom is 0.248 e. The van der Waals surface area contributed by atoms with E-state index in [2.05, 4.69) is 18.2 Å². The van der Waals surface area contributed by atoms with Crippen molar-refractivity contribution < 1.29 is 4.57 Å². The van der Waals surface area contributed by atoms with Crippen molar-refractivity contribution in [2.24, 2.45) is 7.05 Å². The zero-order valence-electron chi connectivity index (χ0n) is 8.17. The van der Waals surface area contributed by atoms with Crippen LogP contribution in [-0.4, -0.2) is 4.57 Å². The minimum atomic E-state index is 1.21. The molecule has 0 atom stereocenters. The van der Waals surface area contributed by atoms with E-state index in [1.165, 1.54) is 5.56 Å². The first-order chi connectivity index (χ1) is 6.84. The number of rotatable bonds is 2. The van der Waals surface area contributed by atoms with Gasteiger partial charge in [-0.1, -0.05) is 30.3 Å². The molecule has 1 aromatic heterocycles. The number of nitrogens with zero attached hydrogens (tertiary/aromatic N) is 2. The van der Waals surface area contributed by atoms with Crippen LogP contribution in [0.4, 0.5) is 0 Å². The fraction of sp³-hybridized carbons (Fsp3) is 0.0833. The minimum absolute atomic E-state index is 1.21. The van der Waals surface area contributed by atoms with Gasteiger partial charge in [-0.2, -0.15) is 0 Å². The topological polar surface area (TPSA) is 8.81 Å². The SMILES string of the molecule is C[n+]1ccn(C=Cc2ccccc2)c1. The summed E-state index contributed by atoms with van der Waals surface area (Å²) in [5.74, 6) is 0. The zero-order chi connectivity index (χ0) is 9.80. The van der Waals surface area contributed by atoms with Crippen molar-refractivity contribution in [1.29, 1.82) is 0 Å². The van der Waals surface area contributed by atoms with Crippen LogP contribution in [0.15, 0.2) is 49.1 Å². The molecular weight excluding hydrogens is 172 g/mol. The van der Waals surface area contributed by atoms with Crippen LogP contribution in [0.5, 0.6) is 0 Å². The van der Waals surface area contributed by atoms with Gasteiger partial charge in [0.25, 0.3) is 0 Å². The third-order valence-corrected chi connectivity index (χ3v) is 2.03. The molecule has 2 rings (SSSR count). The summed E-state index contributed by atoms with van der Waals surface area (Å²) in [7, 11) is 2.01. The maximum atomic E-state index is 2.08. The van der Waals surface area contributed by atoms with E-state index in [1.807, 2.05) is 59.3 Å². The van der Waals surface area contributed by atoms with Gasteiger partial charge in [0.2, 0.25) is 6.33 Å². The quantitative estimate of drug-likeness (QED) is 0.632. The van der Waals surface area contributed by atoms with Crippen molar-refractivity contribution in [2.45, 2.75) is 0 Å². The van der Waals surface area contributed by atoms with Crippen molar-refractivity contribution in [3.63, 3.8) is 0 Å². The molecule has 0 saturated carbocycles. The normalized spacial score (nSPS) is 10.9. The second kappa shape index (κ2) is 3.92. The largest absolute Gasteiger partial charge is 0.248 e. The summed E-state index contributed by atoms with van der Waals surface area (Å²) in [4.78, 5) is 0. The van der Waals surface area contributed by atoms with Gasteiger partial charge in [0, 0.05) is 0 Å². The lowest BCUT2D eigenvalue weighted by molar-refractivity contribution is -0.670. The molecule has 0 saturated heterocycles. The smallest absolute Gasteiger partial charge is 0.239 e. The summed E-state index contributed by atoms with van der Waals surface area (Å²) in [5, 5.41) is 0. The van der Waals surface area contributed by atoms with Gasteiger partial charge in [0.05, 0.1) is 13.2 Å². The number of hydrogen-bond acceptors (Lipinski definition) is 0. The summed E-state index contributed by atoms with van der Waals surface area (Å²) in [6.07, 6.45) is 10.2. The van der Waals surface area contributed by atoms with Crippen molar-refractivity contribution >= 4 is 12.3 Å². The monoisotopic (exact) mass is 185 g/mol. The van der Waals surface area contributed by atoms with E-state index in [-0.39, 0.29) is 0 Å². The molecule has 0 aliphatic heterocycles. The van der Waals surface area contributed by atoms with Crippen LogP contribution in [0.2, 0.25) is 0 Å². The maximum absolute atomic E-state index is 2.08. The Morgan fingerprint density at radius 3 is 2.64 bits per heavy atom. The van der Waals surface area contributed by atoms with Crippen LogP contribution in [0.1, 0.15) is 5.56 Å². The predicted octanol–water partition coefficient (Wildman–Crippen LogP) is 1.94. The molecule has 0 N–H and O–H groups in total. The molecule has 1 heterocycles. The average molecular weight is 185 g/mol. The highest BCUT2D eigenvalue weighted by atomic mass is 15.1. The molecule has 0 spiro atoms. The van der Waals surface area contributed by atoms with Crippen LogP contribution in [0.3, 0.4) is 0 Å². The lowest BCUT2D eigenvalue weighted by Gasteiger charge is -1.88. The second-order valence-corrected chi connectivity index (χ2v) is 3.25. The molecule has 70 valence electrons. The van der Waals surface area contributed by atoms with Crippen molar-refractivity contribution in [3.8, 4) is 0 Å². The Hall–Kier alpha value is -1.83. The van der Waals surface area contributed by atoms with Crippen molar-refractivity contribution in [3.05, 3.63) is 54.6 Å². The summed E-state index contributed by atoms with van der Waals surface area (Å²) >= 11 is 0. The molecule has 14 heavy (non-hydrogen) atoms. The van der Waals surface area contributed by atoms with Gasteiger partial charge in [-0.05, 0) is 11.6 Å². The van der Waals surface area contributed by atoms with E-state index in [9.17, 15) is 0 Å². The Morgan fingerprint density at radius 1 is 1.21 bits per heavy atom. The molecular formula is C12H13N2+. The van der Waals surface area contributed by atoms with Crippen LogP contribution < -0.4 is 4.57 Å². The highest BCUT2D eigenvalue weighted by molar-refractivity contribution is 5.59. The number of imidazole rings is 1. The molecule has 0 bridgehead atoms. The first-order valence-electron chi connectivity index (χ1n) is 4.60. The Labute approximate surface area is 83.7 Å². The molecule has 2 nitrogen and oxygen atoms in total. The van der Waals surface area contributed by atoms with Crippen molar-refractivity contribution in [1.82, 2.24) is 4.57 Å². The molecule has 0 radical (unpaired) electrons. The Morgan fingerprint density at radius 2 is 2.00 bits per heavy atom. The molecule has 0 fully saturated rings. The Kier molecular flexibility index (Phi) is 2.45. The van der Waals surface area contributed by atoms with E-state index in [0.29, 0.717) is 0 Å². The van der Waals surface area contributed by atoms with Crippen LogP contribution in [-0.2, 0) is 7.05 Å². The fourth-order valence-electron chi connectivity index (χ4n) is 1.29. The standard InChI is InChI=1S/C12H13N2/c1-13-9-10-14(11-13)8-7-12-5-3-2-4-6-12/h2-11H,1H3/q+1. The number of aryl methyl sites for hydroxylation is 1. The number of aromatic nitrogens is 2. The third kappa shape index (κ3) is 2.10. The van der Waals surface area contributed by atoms with Crippen LogP contribution >= 0.6 is 0 Å². The first-order valence-corrected chi connectivity index (χ1v) is 4.60. The second-order valence-electron chi connectivity index (χ2n) is 3.25. The average Bonchev–Trinajstić information content (AvgIpc) is 2.63. The van der Waals surface area contributed by atoms with Gasteiger partial charge in [-0.15, -0.1) is 0 Å². The Balaban J connectivity index is 2.15. The summed E-state index contributed by atoms with van der Waals surface area (Å²) in [6.45, 7) is 0. The van der Waals surface area contributed by atoms with E-state index in [0.717, 1.165) is 0 Å². The van der Waals surface area contributed by atoms with Gasteiger partial charge in [-0.3, -0.25) is 0 Å². The van der Waals surface area contributed by atoms with Gasteiger partial charge in [0.15, 0.2) is 0 Å². The molecule has 0 aliphatic carbocycles. The van der Waals surface area contributed by atoms with Crippen molar-refractivity contribution in [2.75, 3.05) is 0 Å². The van der Waals surface area contributed by atoms with Gasteiger partial charge >= 0.3 is 0 Å². The lowest BCUT2D eigenvalue weighted by Crippen LogP contribution is -2.23. The number of benzene rings is 1. The number of hydrogen-bond donors (Lipinski definition) is 0. The molecule has 0 aliphatic rings. The van der Waals surface area contributed by atoms with Gasteiger partial charge in [0.1, 0.15) is 12.4 Å². The highest BCUT2D eigenvalue weighted by Crippen LogP contribution is 2.01. The minimum Gasteiger partial charge on any atom is -0.239 e. The predicted molar refractivity (Wildman–Crippen MR) is 57.3 cm³/mol. The molecule has 0 unspecified atom stereocenters. The Bertz CT molecular complexity index is 427. The molecule has 2 heteroatoms. The van der Waals surface area contributed by atoms with Crippen LogP contribution in [0, 0.1) is 0 Å². The zero-order valence-corrected chi connectivity index (χ0v) is 8.17. The molecule has 0 amide bonds. The molecule has 2 aromatic rings. The van der Waals surface area contributed by atoms with E-state index in [1.54, 1.807) is 0 Å². The third-order valence-electron chi connectivity index (χ3n) is 2.03. The lowest BCUT2D eigenvalue weighted by atomic mass is 10.2. The summed E-state index contributed by atoms with van der Waals surface area (Å²) in [5.41, 5.74) is 1.21. The van der Waals surface area contributed by atoms with E-state index < -0.39 is 0 Å². The molecule has 1 aromatic carbocycles. The summed E-state index contributed by atoms with van der Waals surface area (Å²) < 4.78 is 4.03. The highest BCUT2D eigenvalue weighted by Gasteiger charge is 1.93. The first kappa shape index (κ1) is 8.75. The van der Waals surface area contributed by atoms with Gasteiger partial charge < -0.3 is 0 Å². The van der Waals surface area contributed by atoms with E-state index >= 15 is 0 Å². The summed E-state index contributed by atoms with van der Waals surface area (Å²) in [6, 6.07) is 10.3. The fourth-order valence-corrected chi connectivity index (χ4v) is 1.29. The van der Waals surface area contributed by atoms with Crippen LogP contribution in [0.25, 0.3) is 12.3 Å². The van der Waals surface area contributed by atoms with E-state index in [4.69, 9.17) is 0 Å².